The molecule has 0 N–H and O–H groups in total. The minimum absolute atomic E-state index is 0.0598. The fourth-order valence-corrected chi connectivity index (χ4v) is 2.80. The molecule has 0 bridgehead atoms. The number of amides is 1. The Balaban J connectivity index is 1.62. The average molecular weight is 416 g/mol. The molecule has 3 rings (SSSR count). The Labute approximate surface area is 179 Å². The molecular formula is C24H20N2O5. The Bertz CT molecular complexity index is 1140. The van der Waals surface area contributed by atoms with Crippen LogP contribution < -0.4 is 9.64 Å². The number of nitro groups is 1. The fraction of sp³-hybridized carbons (Fsp3) is 0.0833. The van der Waals surface area contributed by atoms with E-state index < -0.39 is 10.9 Å². The van der Waals surface area contributed by atoms with Crippen molar-refractivity contribution in [2.45, 2.75) is 6.92 Å². The number of hydrogen-bond acceptors (Lipinski definition) is 5. The second-order valence-electron chi connectivity index (χ2n) is 6.83. The first kappa shape index (κ1) is 21.4. The van der Waals surface area contributed by atoms with Gasteiger partial charge in [-0.2, -0.15) is 0 Å². The number of benzene rings is 3. The van der Waals surface area contributed by atoms with Crippen molar-refractivity contribution in [3.05, 3.63) is 106 Å². The molecule has 0 aromatic heterocycles. The zero-order chi connectivity index (χ0) is 22.4. The Morgan fingerprint density at radius 3 is 2.32 bits per heavy atom. The van der Waals surface area contributed by atoms with Crippen LogP contribution in [0.15, 0.2) is 78.9 Å². The SMILES string of the molecule is Cc1ccc(C(=O)N(C)c2ccc(OC(=O)/C=C/c3cccc([N+](=O)[O-])c3)cc2)cc1. The van der Waals surface area contributed by atoms with E-state index in [1.54, 1.807) is 49.5 Å². The second-order valence-corrected chi connectivity index (χ2v) is 6.83. The minimum atomic E-state index is -0.622. The van der Waals surface area contributed by atoms with Crippen LogP contribution in [0.2, 0.25) is 0 Å². The molecule has 1 amide bonds. The highest BCUT2D eigenvalue weighted by Gasteiger charge is 2.13. The van der Waals surface area contributed by atoms with Crippen molar-refractivity contribution >= 4 is 29.3 Å². The molecule has 0 fully saturated rings. The van der Waals surface area contributed by atoms with Crippen LogP contribution in [-0.4, -0.2) is 23.8 Å². The molecule has 3 aromatic rings. The summed E-state index contributed by atoms with van der Waals surface area (Å²) in [6, 6.07) is 19.8. The van der Waals surface area contributed by atoms with Gasteiger partial charge in [0.25, 0.3) is 11.6 Å². The molecule has 3 aromatic carbocycles. The van der Waals surface area contributed by atoms with Crippen molar-refractivity contribution < 1.29 is 19.2 Å². The number of nitro benzene ring substituents is 1. The molecule has 7 heteroatoms. The molecule has 0 atom stereocenters. The second kappa shape index (κ2) is 9.49. The lowest BCUT2D eigenvalue weighted by Gasteiger charge is -2.17. The summed E-state index contributed by atoms with van der Waals surface area (Å²) in [5, 5.41) is 10.8. The summed E-state index contributed by atoms with van der Waals surface area (Å²) in [7, 11) is 1.67. The van der Waals surface area contributed by atoms with Gasteiger partial charge >= 0.3 is 5.97 Å². The molecule has 0 saturated heterocycles. The van der Waals surface area contributed by atoms with Crippen molar-refractivity contribution in [3.63, 3.8) is 0 Å². The number of aryl methyl sites for hydroxylation is 1. The summed E-state index contributed by atoms with van der Waals surface area (Å²) in [5.41, 5.74) is 2.76. The van der Waals surface area contributed by atoms with E-state index in [9.17, 15) is 19.7 Å². The van der Waals surface area contributed by atoms with Crippen molar-refractivity contribution in [2.75, 3.05) is 11.9 Å². The summed E-state index contributed by atoms with van der Waals surface area (Å²) in [4.78, 5) is 36.5. The maximum Gasteiger partial charge on any atom is 0.336 e. The van der Waals surface area contributed by atoms with Gasteiger partial charge < -0.3 is 9.64 Å². The number of esters is 1. The van der Waals surface area contributed by atoms with Crippen LogP contribution in [0.5, 0.6) is 5.75 Å². The summed E-state index contributed by atoms with van der Waals surface area (Å²) in [5.74, 6) is -0.457. The predicted molar refractivity (Wildman–Crippen MR) is 118 cm³/mol. The molecule has 0 aliphatic carbocycles. The molecular weight excluding hydrogens is 396 g/mol. The van der Waals surface area contributed by atoms with Crippen LogP contribution >= 0.6 is 0 Å². The summed E-state index contributed by atoms with van der Waals surface area (Å²) >= 11 is 0. The van der Waals surface area contributed by atoms with Crippen LogP contribution in [0.1, 0.15) is 21.5 Å². The third kappa shape index (κ3) is 5.63. The standard InChI is InChI=1S/C24H20N2O5/c1-17-6-9-19(10-7-17)24(28)25(2)20-11-13-22(14-12-20)31-23(27)15-8-18-4-3-5-21(16-18)26(29)30/h3-16H,1-2H3/b15-8+. The van der Waals surface area contributed by atoms with E-state index in [0.717, 1.165) is 5.56 Å². The number of carbonyl (C=O) groups is 2. The highest BCUT2D eigenvalue weighted by Crippen LogP contribution is 2.21. The van der Waals surface area contributed by atoms with Crippen LogP contribution in [0, 0.1) is 17.0 Å². The molecule has 0 radical (unpaired) electrons. The first-order chi connectivity index (χ1) is 14.8. The minimum Gasteiger partial charge on any atom is -0.423 e. The first-order valence-corrected chi connectivity index (χ1v) is 9.42. The van der Waals surface area contributed by atoms with E-state index in [1.807, 2.05) is 19.1 Å². The highest BCUT2D eigenvalue weighted by molar-refractivity contribution is 6.05. The lowest BCUT2D eigenvalue weighted by Crippen LogP contribution is -2.26. The Kier molecular flexibility index (Phi) is 6.57. The number of hydrogen-bond donors (Lipinski definition) is 0. The Morgan fingerprint density at radius 2 is 1.68 bits per heavy atom. The molecule has 156 valence electrons. The highest BCUT2D eigenvalue weighted by atomic mass is 16.6. The third-order valence-corrected chi connectivity index (χ3v) is 4.54. The number of carbonyl (C=O) groups excluding carboxylic acids is 2. The molecule has 0 aliphatic heterocycles. The number of nitrogens with zero attached hydrogens (tertiary/aromatic N) is 2. The van der Waals surface area contributed by atoms with E-state index in [0.29, 0.717) is 22.6 Å². The molecule has 0 heterocycles. The monoisotopic (exact) mass is 416 g/mol. The van der Waals surface area contributed by atoms with Crippen molar-refractivity contribution in [2.24, 2.45) is 0 Å². The van der Waals surface area contributed by atoms with Gasteiger partial charge in [0.1, 0.15) is 5.75 Å². The van der Waals surface area contributed by atoms with Crippen LogP contribution in [0.25, 0.3) is 6.08 Å². The maximum atomic E-state index is 12.6. The zero-order valence-corrected chi connectivity index (χ0v) is 17.0. The maximum absolute atomic E-state index is 12.6. The number of ether oxygens (including phenoxy) is 1. The summed E-state index contributed by atoms with van der Waals surface area (Å²) in [6.07, 6.45) is 2.64. The van der Waals surface area contributed by atoms with Gasteiger partial charge in [-0.05, 0) is 55.0 Å². The topological polar surface area (TPSA) is 89.8 Å². The van der Waals surface area contributed by atoms with Gasteiger partial charge in [0.05, 0.1) is 4.92 Å². The van der Waals surface area contributed by atoms with Crippen LogP contribution in [0.3, 0.4) is 0 Å². The van der Waals surface area contributed by atoms with Gasteiger partial charge in [-0.1, -0.05) is 29.8 Å². The normalized spacial score (nSPS) is 10.6. The van der Waals surface area contributed by atoms with Crippen molar-refractivity contribution in [1.82, 2.24) is 0 Å². The van der Waals surface area contributed by atoms with E-state index in [1.165, 1.54) is 35.3 Å². The van der Waals surface area contributed by atoms with Gasteiger partial charge in [0.2, 0.25) is 0 Å². The third-order valence-electron chi connectivity index (χ3n) is 4.54. The van der Waals surface area contributed by atoms with Crippen molar-refractivity contribution in [1.29, 1.82) is 0 Å². The van der Waals surface area contributed by atoms with E-state index >= 15 is 0 Å². The Hall–Kier alpha value is -4.26. The van der Waals surface area contributed by atoms with E-state index in [2.05, 4.69) is 0 Å². The van der Waals surface area contributed by atoms with Crippen LogP contribution in [0.4, 0.5) is 11.4 Å². The Morgan fingerprint density at radius 1 is 1.00 bits per heavy atom. The fourth-order valence-electron chi connectivity index (χ4n) is 2.80. The lowest BCUT2D eigenvalue weighted by atomic mass is 10.1. The van der Waals surface area contributed by atoms with E-state index in [4.69, 9.17) is 4.74 Å². The zero-order valence-electron chi connectivity index (χ0n) is 17.0. The summed E-state index contributed by atoms with van der Waals surface area (Å²) in [6.45, 7) is 1.96. The van der Waals surface area contributed by atoms with Crippen molar-refractivity contribution in [3.8, 4) is 5.75 Å². The number of non-ortho nitro benzene ring substituents is 1. The average Bonchev–Trinajstić information content (AvgIpc) is 2.78. The largest absolute Gasteiger partial charge is 0.423 e. The summed E-state index contributed by atoms with van der Waals surface area (Å²) < 4.78 is 5.24. The van der Waals surface area contributed by atoms with Gasteiger partial charge in [-0.25, -0.2) is 4.79 Å². The predicted octanol–water partition coefficient (Wildman–Crippen LogP) is 4.80. The molecule has 31 heavy (non-hydrogen) atoms. The molecule has 0 spiro atoms. The molecule has 0 aliphatic rings. The number of anilines is 1. The smallest absolute Gasteiger partial charge is 0.336 e. The van der Waals surface area contributed by atoms with Gasteiger partial charge in [0.15, 0.2) is 0 Å². The first-order valence-electron chi connectivity index (χ1n) is 9.42. The molecule has 7 nitrogen and oxygen atoms in total. The van der Waals surface area contributed by atoms with Gasteiger partial charge in [0, 0.05) is 36.5 Å². The van der Waals surface area contributed by atoms with Gasteiger partial charge in [-0.3, -0.25) is 14.9 Å². The lowest BCUT2D eigenvalue weighted by molar-refractivity contribution is -0.384. The quantitative estimate of drug-likeness (QED) is 0.189. The molecule has 0 saturated carbocycles. The number of rotatable bonds is 6. The van der Waals surface area contributed by atoms with Crippen LogP contribution in [-0.2, 0) is 4.79 Å². The van der Waals surface area contributed by atoms with E-state index in [-0.39, 0.29) is 11.6 Å². The molecule has 0 unspecified atom stereocenters. The van der Waals surface area contributed by atoms with Gasteiger partial charge in [-0.15, -0.1) is 0 Å².